The molecule has 3 unspecified atom stereocenters. The summed E-state index contributed by atoms with van der Waals surface area (Å²) < 4.78 is 0. The van der Waals surface area contributed by atoms with Crippen molar-refractivity contribution in [2.45, 2.75) is 25.9 Å². The van der Waals surface area contributed by atoms with Crippen molar-refractivity contribution in [3.8, 4) is 0 Å². The quantitative estimate of drug-likeness (QED) is 0.902. The lowest BCUT2D eigenvalue weighted by Gasteiger charge is -2.20. The van der Waals surface area contributed by atoms with Crippen LogP contribution in [-0.4, -0.2) is 41.7 Å². The maximum Gasteiger partial charge on any atom is 0.256 e. The molecular weight excluding hydrogens is 288 g/mol. The summed E-state index contributed by atoms with van der Waals surface area (Å²) in [4.78, 5) is 14.6. The molecule has 1 saturated heterocycles. The summed E-state index contributed by atoms with van der Waals surface area (Å²) in [6, 6.07) is 5.37. The normalized spacial score (nSPS) is 27.8. The molecule has 2 fully saturated rings. The third-order valence-corrected chi connectivity index (χ3v) is 4.92. The van der Waals surface area contributed by atoms with Crippen LogP contribution in [0.1, 0.15) is 30.1 Å². The molecule has 1 saturated carbocycles. The van der Waals surface area contributed by atoms with Gasteiger partial charge in [0.15, 0.2) is 0 Å². The van der Waals surface area contributed by atoms with E-state index >= 15 is 0 Å². The van der Waals surface area contributed by atoms with Gasteiger partial charge >= 0.3 is 0 Å². The van der Waals surface area contributed by atoms with E-state index in [2.05, 4.69) is 5.32 Å². The average Bonchev–Trinajstić information content (AvgIpc) is 3.03. The highest BCUT2D eigenvalue weighted by Gasteiger charge is 2.43. The fraction of sp³-hybridized carbons (Fsp3) is 0.562. The number of nitrogens with one attached hydrogen (secondary N) is 1. The number of hydrogen-bond donors (Lipinski definition) is 2. The first-order valence-corrected chi connectivity index (χ1v) is 7.98. The topological polar surface area (TPSA) is 52.6 Å². The van der Waals surface area contributed by atoms with E-state index in [9.17, 15) is 9.90 Å². The minimum Gasteiger partial charge on any atom is -0.393 e. The van der Waals surface area contributed by atoms with E-state index < -0.39 is 0 Å². The molecule has 2 N–H and O–H groups in total. The third-order valence-electron chi connectivity index (χ3n) is 4.69. The van der Waals surface area contributed by atoms with Crippen LogP contribution in [0.3, 0.4) is 0 Å². The van der Waals surface area contributed by atoms with Crippen molar-refractivity contribution in [1.82, 2.24) is 4.90 Å². The van der Waals surface area contributed by atoms with E-state index in [0.29, 0.717) is 23.0 Å². The van der Waals surface area contributed by atoms with Gasteiger partial charge in [0.2, 0.25) is 0 Å². The van der Waals surface area contributed by atoms with Gasteiger partial charge in [-0.3, -0.25) is 4.79 Å². The molecular formula is C16H21ClN2O2. The molecule has 1 heterocycles. The van der Waals surface area contributed by atoms with Crippen LogP contribution >= 0.6 is 11.6 Å². The molecule has 4 nitrogen and oxygen atoms in total. The number of anilines is 1. The average molecular weight is 309 g/mol. The van der Waals surface area contributed by atoms with Crippen LogP contribution in [0.4, 0.5) is 5.69 Å². The number of fused-ring (bicyclic) bond motifs is 1. The second-order valence-electron chi connectivity index (χ2n) is 6.00. The number of carbonyl (C=O) groups is 1. The largest absolute Gasteiger partial charge is 0.393 e. The van der Waals surface area contributed by atoms with E-state index in [0.717, 1.165) is 31.6 Å². The Balaban J connectivity index is 1.81. The maximum absolute atomic E-state index is 12.8. The van der Waals surface area contributed by atoms with Crippen LogP contribution in [0.25, 0.3) is 0 Å². The van der Waals surface area contributed by atoms with Gasteiger partial charge in [0.1, 0.15) is 0 Å². The smallest absolute Gasteiger partial charge is 0.256 e. The summed E-state index contributed by atoms with van der Waals surface area (Å²) in [6.45, 7) is 4.16. The Morgan fingerprint density at radius 2 is 2.24 bits per heavy atom. The Kier molecular flexibility index (Phi) is 4.09. The Morgan fingerprint density at radius 1 is 1.43 bits per heavy atom. The molecule has 1 aliphatic carbocycles. The van der Waals surface area contributed by atoms with Crippen molar-refractivity contribution >= 4 is 23.2 Å². The van der Waals surface area contributed by atoms with Crippen molar-refractivity contribution in [1.29, 1.82) is 0 Å². The minimum atomic E-state index is -0.250. The van der Waals surface area contributed by atoms with Crippen LogP contribution < -0.4 is 5.32 Å². The Labute approximate surface area is 130 Å². The number of aliphatic hydroxyl groups is 1. The van der Waals surface area contributed by atoms with E-state index in [1.807, 2.05) is 17.9 Å². The molecule has 2 aliphatic rings. The second-order valence-corrected chi connectivity index (χ2v) is 6.44. The van der Waals surface area contributed by atoms with Crippen molar-refractivity contribution < 1.29 is 9.90 Å². The Hall–Kier alpha value is -1.26. The predicted molar refractivity (Wildman–Crippen MR) is 83.7 cm³/mol. The summed E-state index contributed by atoms with van der Waals surface area (Å²) >= 11 is 6.05. The first-order valence-electron chi connectivity index (χ1n) is 7.61. The predicted octanol–water partition coefficient (Wildman–Crippen LogP) is 2.61. The standard InChI is InChI=1S/C16H21ClN2O2/c1-2-18-14-5-4-11(17)7-12(14)16(21)19-8-10-3-6-15(20)13(10)9-19/h4-5,7,10,13,15,18,20H,2-3,6,8-9H2,1H3. The molecule has 114 valence electrons. The lowest BCUT2D eigenvalue weighted by molar-refractivity contribution is 0.0753. The van der Waals surface area contributed by atoms with Crippen LogP contribution in [0.2, 0.25) is 5.02 Å². The lowest BCUT2D eigenvalue weighted by Crippen LogP contribution is -2.31. The first kappa shape index (κ1) is 14.7. The molecule has 0 spiro atoms. The van der Waals surface area contributed by atoms with Gasteiger partial charge < -0.3 is 15.3 Å². The molecule has 3 atom stereocenters. The van der Waals surface area contributed by atoms with E-state index in [1.54, 1.807) is 12.1 Å². The van der Waals surface area contributed by atoms with Crippen LogP contribution in [0, 0.1) is 11.8 Å². The van der Waals surface area contributed by atoms with Crippen molar-refractivity contribution in [2.24, 2.45) is 11.8 Å². The maximum atomic E-state index is 12.8. The van der Waals surface area contributed by atoms with E-state index in [-0.39, 0.29) is 17.9 Å². The second kappa shape index (κ2) is 5.85. The molecule has 3 rings (SSSR count). The van der Waals surface area contributed by atoms with Gasteiger partial charge in [-0.15, -0.1) is 0 Å². The first-order chi connectivity index (χ1) is 10.1. The Bertz CT molecular complexity index is 549. The number of nitrogens with zero attached hydrogens (tertiary/aromatic N) is 1. The molecule has 0 bridgehead atoms. The number of amides is 1. The van der Waals surface area contributed by atoms with Gasteiger partial charge in [-0.1, -0.05) is 11.6 Å². The zero-order chi connectivity index (χ0) is 15.0. The third kappa shape index (κ3) is 2.74. The monoisotopic (exact) mass is 308 g/mol. The van der Waals surface area contributed by atoms with E-state index in [1.165, 1.54) is 0 Å². The summed E-state index contributed by atoms with van der Waals surface area (Å²) in [5.41, 5.74) is 1.45. The lowest BCUT2D eigenvalue weighted by atomic mass is 10.00. The molecule has 1 amide bonds. The summed E-state index contributed by atoms with van der Waals surface area (Å²) in [6.07, 6.45) is 1.64. The van der Waals surface area contributed by atoms with Crippen LogP contribution in [0.15, 0.2) is 18.2 Å². The van der Waals surface area contributed by atoms with Crippen LogP contribution in [0.5, 0.6) is 0 Å². The highest BCUT2D eigenvalue weighted by Crippen LogP contribution is 2.39. The molecule has 1 aromatic carbocycles. The number of halogens is 1. The minimum absolute atomic E-state index is 0.00931. The Morgan fingerprint density at radius 3 is 2.95 bits per heavy atom. The van der Waals surface area contributed by atoms with Gasteiger partial charge in [0, 0.05) is 36.3 Å². The SMILES string of the molecule is CCNc1ccc(Cl)cc1C(=O)N1CC2CCC(O)C2C1. The van der Waals surface area contributed by atoms with Gasteiger partial charge in [-0.05, 0) is 43.9 Å². The fourth-order valence-corrected chi connectivity index (χ4v) is 3.78. The molecule has 1 aromatic rings. The molecule has 0 aromatic heterocycles. The molecule has 1 aliphatic heterocycles. The number of aliphatic hydroxyl groups excluding tert-OH is 1. The van der Waals surface area contributed by atoms with Crippen molar-refractivity contribution in [3.63, 3.8) is 0 Å². The number of hydrogen-bond acceptors (Lipinski definition) is 3. The summed E-state index contributed by atoms with van der Waals surface area (Å²) in [5, 5.41) is 13.8. The zero-order valence-corrected chi connectivity index (χ0v) is 12.9. The van der Waals surface area contributed by atoms with Crippen molar-refractivity contribution in [2.75, 3.05) is 25.0 Å². The fourth-order valence-electron chi connectivity index (χ4n) is 3.61. The van der Waals surface area contributed by atoms with E-state index in [4.69, 9.17) is 11.6 Å². The molecule has 21 heavy (non-hydrogen) atoms. The van der Waals surface area contributed by atoms with Gasteiger partial charge in [-0.25, -0.2) is 0 Å². The number of carbonyl (C=O) groups excluding carboxylic acids is 1. The summed E-state index contributed by atoms with van der Waals surface area (Å²) in [5.74, 6) is 0.705. The molecule has 0 radical (unpaired) electrons. The highest BCUT2D eigenvalue weighted by molar-refractivity contribution is 6.31. The van der Waals surface area contributed by atoms with Gasteiger partial charge in [0.25, 0.3) is 5.91 Å². The van der Waals surface area contributed by atoms with Crippen LogP contribution in [-0.2, 0) is 0 Å². The number of rotatable bonds is 3. The zero-order valence-electron chi connectivity index (χ0n) is 12.2. The van der Waals surface area contributed by atoms with Gasteiger partial charge in [0.05, 0.1) is 11.7 Å². The van der Waals surface area contributed by atoms with Crippen molar-refractivity contribution in [3.05, 3.63) is 28.8 Å². The number of benzene rings is 1. The number of likely N-dealkylation sites (tertiary alicyclic amines) is 1. The highest BCUT2D eigenvalue weighted by atomic mass is 35.5. The summed E-state index contributed by atoms with van der Waals surface area (Å²) in [7, 11) is 0. The van der Waals surface area contributed by atoms with Gasteiger partial charge in [-0.2, -0.15) is 0 Å². The molecule has 5 heteroatoms.